The summed E-state index contributed by atoms with van der Waals surface area (Å²) in [5.41, 5.74) is 1.61. The molecular formula is C27H28BrF3N2O2. The first-order chi connectivity index (χ1) is 16.4. The number of aromatic nitrogens is 1. The Morgan fingerprint density at radius 3 is 2.74 bits per heavy atom. The van der Waals surface area contributed by atoms with Crippen LogP contribution >= 0.6 is 0 Å². The topological polar surface area (TPSA) is 42.4 Å². The van der Waals surface area contributed by atoms with Crippen molar-refractivity contribution in [3.05, 3.63) is 83.8 Å². The summed E-state index contributed by atoms with van der Waals surface area (Å²) in [7, 11) is 1.59. The number of hydrogen-bond acceptors (Lipinski definition) is 3. The second-order valence-electron chi connectivity index (χ2n) is 9.60. The van der Waals surface area contributed by atoms with Gasteiger partial charge in [0, 0.05) is 35.9 Å². The molecule has 6 rings (SSSR count). The van der Waals surface area contributed by atoms with Crippen molar-refractivity contribution < 1.29 is 44.5 Å². The number of benzene rings is 2. The van der Waals surface area contributed by atoms with E-state index in [4.69, 9.17) is 4.74 Å². The molecule has 35 heavy (non-hydrogen) atoms. The molecule has 4 heterocycles. The van der Waals surface area contributed by atoms with Gasteiger partial charge in [0.1, 0.15) is 24.4 Å². The number of quaternary nitrogens is 1. The van der Waals surface area contributed by atoms with Crippen LogP contribution in [0.4, 0.5) is 13.2 Å². The molecule has 2 bridgehead atoms. The molecule has 0 saturated carbocycles. The van der Waals surface area contributed by atoms with Gasteiger partial charge in [-0.3, -0.25) is 4.98 Å². The minimum atomic E-state index is -1.45. The van der Waals surface area contributed by atoms with E-state index in [1.165, 1.54) is 6.07 Å². The molecule has 186 valence electrons. The lowest BCUT2D eigenvalue weighted by Crippen LogP contribution is -3.00. The highest BCUT2D eigenvalue weighted by Gasteiger charge is 2.54. The monoisotopic (exact) mass is 548 g/mol. The lowest BCUT2D eigenvalue weighted by Gasteiger charge is -2.58. The Morgan fingerprint density at radius 1 is 1.20 bits per heavy atom. The third-order valence-electron chi connectivity index (χ3n) is 7.94. The maximum Gasteiger partial charge on any atom is 0.194 e. The lowest BCUT2D eigenvalue weighted by molar-refractivity contribution is -0.985. The van der Waals surface area contributed by atoms with Crippen molar-refractivity contribution in [2.45, 2.75) is 31.5 Å². The van der Waals surface area contributed by atoms with Crippen LogP contribution in [0.3, 0.4) is 0 Å². The van der Waals surface area contributed by atoms with Crippen LogP contribution in [-0.4, -0.2) is 40.8 Å². The van der Waals surface area contributed by atoms with Crippen molar-refractivity contribution >= 4 is 10.9 Å². The standard InChI is InChI=1S/C27H28F3N2O2.BrH/c1-3-16-14-32(15-18-4-6-22(28)26(30)25(18)29)11-9-17(16)12-24(32)27(33)20-8-10-31-23-7-5-19(34-2)13-21(20)23;/h3-8,10,13,16-17,24,27,33H,1,9,11-12,14-15H2,2H3;1H/q+1;/p-1/t16-,17+,24+,27-,32?;/m0./s1. The van der Waals surface area contributed by atoms with Gasteiger partial charge in [0.2, 0.25) is 0 Å². The molecule has 2 aromatic carbocycles. The van der Waals surface area contributed by atoms with Crippen LogP contribution in [0, 0.1) is 29.3 Å². The molecule has 1 aromatic heterocycles. The Balaban J connectivity index is 0.00000289. The summed E-state index contributed by atoms with van der Waals surface area (Å²) in [6.45, 7) is 5.56. The number of rotatable bonds is 6. The lowest BCUT2D eigenvalue weighted by atomic mass is 9.71. The SMILES string of the molecule is C=C[C@H]1C[N+]2(Cc3ccc(F)c(F)c3F)CC[C@@H]1C[C@@H]2[C@@H](O)c1ccnc2ccc(OC)cc12.[Br-]. The highest BCUT2D eigenvalue weighted by Crippen LogP contribution is 2.48. The molecule has 3 saturated heterocycles. The van der Waals surface area contributed by atoms with Crippen LogP contribution in [0.15, 0.2) is 55.3 Å². The fourth-order valence-electron chi connectivity index (χ4n) is 6.15. The second kappa shape index (κ2) is 9.91. The highest BCUT2D eigenvalue weighted by atomic mass is 79.9. The normalized spacial score (nSPS) is 26.3. The molecule has 0 radical (unpaired) electrons. The van der Waals surface area contributed by atoms with E-state index in [0.717, 1.165) is 41.9 Å². The molecule has 4 nitrogen and oxygen atoms in total. The Labute approximate surface area is 213 Å². The number of pyridine rings is 1. The molecular weight excluding hydrogens is 521 g/mol. The Hall–Kier alpha value is -2.42. The van der Waals surface area contributed by atoms with E-state index in [-0.39, 0.29) is 41.0 Å². The number of nitrogens with zero attached hydrogens (tertiary/aromatic N) is 2. The average molecular weight is 549 g/mol. The summed E-state index contributed by atoms with van der Waals surface area (Å²) in [5.74, 6) is -2.54. The van der Waals surface area contributed by atoms with E-state index < -0.39 is 23.6 Å². The van der Waals surface area contributed by atoms with Gasteiger partial charge in [-0.2, -0.15) is 0 Å². The van der Waals surface area contributed by atoms with Crippen molar-refractivity contribution in [1.29, 1.82) is 0 Å². The summed E-state index contributed by atoms with van der Waals surface area (Å²) in [4.78, 5) is 4.42. The maximum atomic E-state index is 14.7. The Kier molecular flexibility index (Phi) is 7.27. The minimum absolute atomic E-state index is 0. The van der Waals surface area contributed by atoms with E-state index >= 15 is 0 Å². The third kappa shape index (κ3) is 4.36. The smallest absolute Gasteiger partial charge is 0.194 e. The predicted molar refractivity (Wildman–Crippen MR) is 123 cm³/mol. The van der Waals surface area contributed by atoms with E-state index in [9.17, 15) is 18.3 Å². The molecule has 5 atom stereocenters. The van der Waals surface area contributed by atoms with Crippen LogP contribution in [0.25, 0.3) is 10.9 Å². The minimum Gasteiger partial charge on any atom is -1.00 e. The Bertz CT molecular complexity index is 1260. The van der Waals surface area contributed by atoms with Gasteiger partial charge in [-0.15, -0.1) is 6.58 Å². The van der Waals surface area contributed by atoms with Gasteiger partial charge >= 0.3 is 0 Å². The largest absolute Gasteiger partial charge is 1.00 e. The van der Waals surface area contributed by atoms with Crippen molar-refractivity contribution in [2.75, 3.05) is 20.2 Å². The molecule has 8 heteroatoms. The summed E-state index contributed by atoms with van der Waals surface area (Å²) >= 11 is 0. The van der Waals surface area contributed by atoms with Crippen LogP contribution in [0.5, 0.6) is 5.75 Å². The second-order valence-corrected chi connectivity index (χ2v) is 9.60. The van der Waals surface area contributed by atoms with Crippen LogP contribution < -0.4 is 21.7 Å². The quantitative estimate of drug-likeness (QED) is 0.292. The number of methoxy groups -OCH3 is 1. The number of hydrogen-bond donors (Lipinski definition) is 1. The molecule has 1 N–H and O–H groups in total. The molecule has 3 aliphatic heterocycles. The first-order valence-electron chi connectivity index (χ1n) is 11.6. The number of ether oxygens (including phenoxy) is 1. The first kappa shape index (κ1) is 25.7. The molecule has 3 fully saturated rings. The molecule has 3 aromatic rings. The van der Waals surface area contributed by atoms with Gasteiger partial charge < -0.3 is 31.3 Å². The van der Waals surface area contributed by atoms with Gasteiger partial charge in [-0.25, -0.2) is 13.2 Å². The van der Waals surface area contributed by atoms with Crippen LogP contribution in [0.1, 0.15) is 30.1 Å². The van der Waals surface area contributed by atoms with Gasteiger partial charge in [0.15, 0.2) is 17.5 Å². The zero-order valence-electron chi connectivity index (χ0n) is 19.4. The molecule has 3 aliphatic rings. The van der Waals surface area contributed by atoms with E-state index in [1.807, 2.05) is 30.3 Å². The van der Waals surface area contributed by atoms with Crippen molar-refractivity contribution in [2.24, 2.45) is 11.8 Å². The van der Waals surface area contributed by atoms with Crippen LogP contribution in [0.2, 0.25) is 0 Å². The highest BCUT2D eigenvalue weighted by molar-refractivity contribution is 5.83. The summed E-state index contributed by atoms with van der Waals surface area (Å²) < 4.78 is 48.1. The predicted octanol–water partition coefficient (Wildman–Crippen LogP) is 2.31. The van der Waals surface area contributed by atoms with E-state index in [1.54, 1.807) is 13.3 Å². The molecule has 1 unspecified atom stereocenters. The zero-order chi connectivity index (χ0) is 24.0. The maximum absolute atomic E-state index is 14.7. The van der Waals surface area contributed by atoms with Gasteiger partial charge in [0.05, 0.1) is 25.7 Å². The summed E-state index contributed by atoms with van der Waals surface area (Å²) in [6.07, 6.45) is 4.41. The molecule has 0 aliphatic carbocycles. The number of aliphatic hydroxyl groups excluding tert-OH is 1. The zero-order valence-corrected chi connectivity index (χ0v) is 21.0. The van der Waals surface area contributed by atoms with Crippen molar-refractivity contribution in [3.63, 3.8) is 0 Å². The molecule has 0 amide bonds. The van der Waals surface area contributed by atoms with Crippen molar-refractivity contribution in [1.82, 2.24) is 4.98 Å². The number of halogens is 4. The Morgan fingerprint density at radius 2 is 2.00 bits per heavy atom. The third-order valence-corrected chi connectivity index (χ3v) is 7.94. The molecule has 0 spiro atoms. The average Bonchev–Trinajstić information content (AvgIpc) is 2.88. The van der Waals surface area contributed by atoms with Gasteiger partial charge in [-0.05, 0) is 47.9 Å². The number of aliphatic hydroxyl groups is 1. The fourth-order valence-corrected chi connectivity index (χ4v) is 6.15. The number of piperidine rings is 3. The van der Waals surface area contributed by atoms with Crippen molar-refractivity contribution in [3.8, 4) is 5.75 Å². The summed E-state index contributed by atoms with van der Waals surface area (Å²) in [6, 6.07) is 9.42. The van der Waals surface area contributed by atoms with E-state index in [0.29, 0.717) is 22.7 Å². The van der Waals surface area contributed by atoms with Crippen LogP contribution in [-0.2, 0) is 6.54 Å². The summed E-state index contributed by atoms with van der Waals surface area (Å²) in [5, 5.41) is 12.6. The van der Waals surface area contributed by atoms with E-state index in [2.05, 4.69) is 11.6 Å². The van der Waals surface area contributed by atoms with Gasteiger partial charge in [-0.1, -0.05) is 6.08 Å². The number of fused-ring (bicyclic) bond motifs is 4. The van der Waals surface area contributed by atoms with Gasteiger partial charge in [0.25, 0.3) is 0 Å². The first-order valence-corrected chi connectivity index (χ1v) is 11.6. The fraction of sp³-hybridized carbons (Fsp3) is 0.370.